The molecule has 3 N–H and O–H groups in total. The first kappa shape index (κ1) is 37.5. The van der Waals surface area contributed by atoms with Crippen LogP contribution >= 0.6 is 0 Å². The topological polar surface area (TPSA) is 277 Å². The monoisotopic (exact) mass is 505 g/mol. The van der Waals surface area contributed by atoms with E-state index in [9.17, 15) is 59.4 Å². The van der Waals surface area contributed by atoms with Gasteiger partial charge in [0.15, 0.2) is 0 Å². The minimum Gasteiger partial charge on any atom is -0.549 e. The van der Waals surface area contributed by atoms with Crippen molar-refractivity contribution in [2.24, 2.45) is 0 Å². The third-order valence-corrected chi connectivity index (χ3v) is 1.62. The Balaban J connectivity index is -0.0000000960. The number of rotatable bonds is 12. The van der Waals surface area contributed by atoms with Crippen molar-refractivity contribution in [3.63, 3.8) is 0 Å². The van der Waals surface area contributed by atoms with E-state index >= 15 is 0 Å². The van der Waals surface area contributed by atoms with Gasteiger partial charge in [-0.1, -0.05) is 0 Å². The average molecular weight is 505 g/mol. The molecule has 17 heteroatoms. The third kappa shape index (κ3) is 58.6. The van der Waals surface area contributed by atoms with E-state index in [4.69, 9.17) is 0 Å². The summed E-state index contributed by atoms with van der Waals surface area (Å²) in [6, 6.07) is 0. The summed E-state index contributed by atoms with van der Waals surface area (Å²) in [4.78, 5) is 57.6. The first-order chi connectivity index (χ1) is 12.4. The van der Waals surface area contributed by atoms with Crippen molar-refractivity contribution < 1.29 is 93.5 Å². The van der Waals surface area contributed by atoms with Crippen molar-refractivity contribution in [2.75, 3.05) is 39.3 Å². The maximum atomic E-state index is 9.59. The Morgan fingerprint density at radius 2 is 0.483 bits per heavy atom. The molecule has 0 unspecified atom stereocenters. The Kier molecular flexibility index (Phi) is 33.3. The number of carbonyl (C=O) groups is 6. The van der Waals surface area contributed by atoms with Crippen molar-refractivity contribution >= 4 is 35.8 Å². The molecule has 2 radical (unpaired) electrons. The Labute approximate surface area is 184 Å². The molecule has 0 aromatic carbocycles. The van der Waals surface area contributed by atoms with E-state index in [1.165, 1.54) is 0 Å². The summed E-state index contributed by atoms with van der Waals surface area (Å²) in [5.74, 6) is -8.02. The Hall–Kier alpha value is -2.26. The molecule has 0 rings (SSSR count). The molecule has 0 spiro atoms. The smallest absolute Gasteiger partial charge is 0.549 e. The minimum absolute atomic E-state index is 0. The molecule has 0 aliphatic carbocycles. The molecule has 0 aliphatic heterocycles. The van der Waals surface area contributed by atoms with E-state index in [0.29, 0.717) is 0 Å². The van der Waals surface area contributed by atoms with Gasteiger partial charge in [0, 0.05) is 39.3 Å². The van der Waals surface area contributed by atoms with Gasteiger partial charge in [0.1, 0.15) is 0 Å². The third-order valence-electron chi connectivity index (χ3n) is 1.62. The summed E-state index contributed by atoms with van der Waals surface area (Å²) in [6.07, 6.45) is 0. The Morgan fingerprint density at radius 3 is 0.552 bits per heavy atom. The summed E-state index contributed by atoms with van der Waals surface area (Å²) < 4.78 is 0. The van der Waals surface area contributed by atoms with Crippen molar-refractivity contribution in [1.82, 2.24) is 16.0 Å². The number of carboxylic acids is 6. The van der Waals surface area contributed by atoms with Crippen LogP contribution in [0.5, 0.6) is 0 Å². The maximum absolute atomic E-state index is 9.59. The molecule has 0 aromatic rings. The van der Waals surface area contributed by atoms with Crippen LogP contribution < -0.4 is 46.6 Å². The number of carboxylic acid groups (broad SMARTS) is 6. The SMILES string of the molecule is O=C([O-])CNCC(=O)[O-].O=C([O-])CNCC(=O)[O-].O=C([O-])CNCC(=O)[O-].[Fe+3].[Fe+3]. The zero-order valence-corrected chi connectivity index (χ0v) is 16.6. The Bertz CT molecular complexity index is 405. The van der Waals surface area contributed by atoms with Crippen molar-refractivity contribution in [2.45, 2.75) is 0 Å². The molecule has 0 bridgehead atoms. The van der Waals surface area contributed by atoms with Gasteiger partial charge in [-0.05, 0) is 0 Å². The van der Waals surface area contributed by atoms with Crippen LogP contribution in [0, 0.1) is 0 Å². The second-order valence-electron chi connectivity index (χ2n) is 4.04. The molecule has 0 aliphatic rings. The van der Waals surface area contributed by atoms with Crippen molar-refractivity contribution in [1.29, 1.82) is 0 Å². The van der Waals surface area contributed by atoms with Gasteiger partial charge in [-0.3, -0.25) is 0 Å². The molecule has 166 valence electrons. The molecule has 0 aromatic heterocycles. The Morgan fingerprint density at radius 1 is 0.379 bits per heavy atom. The van der Waals surface area contributed by atoms with Crippen LogP contribution in [0.2, 0.25) is 0 Å². The van der Waals surface area contributed by atoms with Gasteiger partial charge in [0.2, 0.25) is 0 Å². The molecular formula is C12H15Fe2N3O12. The molecule has 0 heterocycles. The minimum atomic E-state index is -1.34. The van der Waals surface area contributed by atoms with Crippen LogP contribution in [0.25, 0.3) is 0 Å². The molecule has 29 heavy (non-hydrogen) atoms. The fraction of sp³-hybridized carbons (Fsp3) is 0.500. The van der Waals surface area contributed by atoms with E-state index in [1.54, 1.807) is 0 Å². The average Bonchev–Trinajstić information content (AvgIpc) is 2.46. The van der Waals surface area contributed by atoms with Gasteiger partial charge in [0.25, 0.3) is 0 Å². The first-order valence-electron chi connectivity index (χ1n) is 6.69. The maximum Gasteiger partial charge on any atom is 3.00 e. The molecular weight excluding hydrogens is 490 g/mol. The predicted molar refractivity (Wildman–Crippen MR) is 68.7 cm³/mol. The zero-order chi connectivity index (χ0) is 21.8. The van der Waals surface area contributed by atoms with Gasteiger partial charge in [-0.2, -0.15) is 0 Å². The summed E-state index contributed by atoms with van der Waals surface area (Å²) in [6.45, 7) is -2.79. The van der Waals surface area contributed by atoms with Gasteiger partial charge in [0.05, 0.1) is 35.8 Å². The van der Waals surface area contributed by atoms with Crippen LogP contribution in [-0.4, -0.2) is 75.1 Å². The quantitative estimate of drug-likeness (QED) is 0.208. The molecule has 0 fully saturated rings. The van der Waals surface area contributed by atoms with Crippen LogP contribution in [0.4, 0.5) is 0 Å². The molecule has 15 nitrogen and oxygen atoms in total. The molecule has 0 atom stereocenters. The van der Waals surface area contributed by atoms with Gasteiger partial charge in [-0.15, -0.1) is 0 Å². The molecule has 0 saturated carbocycles. The van der Waals surface area contributed by atoms with E-state index in [-0.39, 0.29) is 34.1 Å². The van der Waals surface area contributed by atoms with Crippen molar-refractivity contribution in [3.05, 3.63) is 0 Å². The number of carbonyl (C=O) groups excluding carboxylic acids is 6. The second-order valence-corrected chi connectivity index (χ2v) is 4.04. The van der Waals surface area contributed by atoms with Crippen LogP contribution in [0.15, 0.2) is 0 Å². The van der Waals surface area contributed by atoms with Gasteiger partial charge in [-0.25, -0.2) is 0 Å². The van der Waals surface area contributed by atoms with E-state index < -0.39 is 75.1 Å². The van der Waals surface area contributed by atoms with Crippen LogP contribution in [0.1, 0.15) is 0 Å². The summed E-state index contributed by atoms with van der Waals surface area (Å²) in [5.41, 5.74) is 0. The standard InChI is InChI=1S/3C4H7NO4.2Fe/c3*6-3(7)1-5-2-4(8)9;;/h3*5H,1-2H2,(H,6,7)(H,8,9);;/q;;;2*+3/p-6. The van der Waals surface area contributed by atoms with Gasteiger partial charge < -0.3 is 75.4 Å². The first-order valence-corrected chi connectivity index (χ1v) is 6.69. The van der Waals surface area contributed by atoms with Crippen LogP contribution in [0.3, 0.4) is 0 Å². The van der Waals surface area contributed by atoms with Crippen molar-refractivity contribution in [3.8, 4) is 0 Å². The number of hydrogen-bond donors (Lipinski definition) is 3. The summed E-state index contributed by atoms with van der Waals surface area (Å²) in [5, 5.41) is 63.7. The van der Waals surface area contributed by atoms with Gasteiger partial charge >= 0.3 is 34.1 Å². The van der Waals surface area contributed by atoms with E-state index in [2.05, 4.69) is 16.0 Å². The normalized spacial score (nSPS) is 8.28. The fourth-order valence-electron chi connectivity index (χ4n) is 0.800. The predicted octanol–water partition coefficient (Wildman–Crippen LogP) is -11.8. The van der Waals surface area contributed by atoms with E-state index in [1.807, 2.05) is 0 Å². The number of nitrogens with one attached hydrogen (secondary N) is 3. The summed E-state index contributed by atoms with van der Waals surface area (Å²) >= 11 is 0. The fourth-order valence-corrected chi connectivity index (χ4v) is 0.800. The zero-order valence-electron chi connectivity index (χ0n) is 14.3. The van der Waals surface area contributed by atoms with E-state index in [0.717, 1.165) is 0 Å². The summed E-state index contributed by atoms with van der Waals surface area (Å²) in [7, 11) is 0. The largest absolute Gasteiger partial charge is 3.00 e. The number of aliphatic carboxylic acids is 6. The molecule has 0 amide bonds. The molecule has 0 saturated heterocycles. The number of hydrogen-bond acceptors (Lipinski definition) is 15. The van der Waals surface area contributed by atoms with Crippen LogP contribution in [-0.2, 0) is 62.9 Å². The second kappa shape index (κ2) is 25.7.